The molecule has 0 bridgehead atoms. The summed E-state index contributed by atoms with van der Waals surface area (Å²) in [7, 11) is -3.79. The zero-order valence-corrected chi connectivity index (χ0v) is 20.2. The van der Waals surface area contributed by atoms with Crippen molar-refractivity contribution < 1.29 is 37.5 Å². The van der Waals surface area contributed by atoms with Crippen molar-refractivity contribution in [2.75, 3.05) is 56.7 Å². The lowest BCUT2D eigenvalue weighted by molar-refractivity contribution is -0.384. The molecular weight excluding hydrogens is 496 g/mol. The van der Waals surface area contributed by atoms with E-state index in [0.29, 0.717) is 18.8 Å². The topological polar surface area (TPSA) is 177 Å². The molecule has 0 aliphatic carbocycles. The van der Waals surface area contributed by atoms with Crippen LogP contribution in [0.5, 0.6) is 0 Å². The molecule has 0 atom stereocenters. The van der Waals surface area contributed by atoms with Gasteiger partial charge in [-0.05, 0) is 30.7 Å². The van der Waals surface area contributed by atoms with Gasteiger partial charge in [0.15, 0.2) is 6.61 Å². The Bertz CT molecular complexity index is 1240. The van der Waals surface area contributed by atoms with E-state index >= 15 is 0 Å². The van der Waals surface area contributed by atoms with Crippen LogP contribution in [0.1, 0.15) is 15.9 Å². The Labute approximate surface area is 207 Å². The SMILES string of the molecule is Cc1ccc(S(=O)(=O)N2CCOCC2)cc1NC(=O)COC(=O)c1cc([N+](=O)[O-])ccc1NCCO. The van der Waals surface area contributed by atoms with Gasteiger partial charge in [0.05, 0.1) is 35.2 Å². The Morgan fingerprint density at radius 1 is 1.17 bits per heavy atom. The van der Waals surface area contributed by atoms with Crippen molar-refractivity contribution >= 4 is 39.0 Å². The summed E-state index contributed by atoms with van der Waals surface area (Å²) in [5.74, 6) is -1.72. The van der Waals surface area contributed by atoms with E-state index < -0.39 is 33.4 Å². The van der Waals surface area contributed by atoms with E-state index in [4.69, 9.17) is 14.6 Å². The predicted molar refractivity (Wildman–Crippen MR) is 128 cm³/mol. The van der Waals surface area contributed by atoms with Gasteiger partial charge < -0.3 is 25.2 Å². The van der Waals surface area contributed by atoms with Crippen LogP contribution < -0.4 is 10.6 Å². The number of anilines is 2. The number of nitro benzene ring substituents is 1. The molecule has 1 amide bonds. The minimum atomic E-state index is -3.79. The fourth-order valence-electron chi connectivity index (χ4n) is 3.39. The van der Waals surface area contributed by atoms with Crippen LogP contribution in [-0.2, 0) is 24.3 Å². The molecule has 1 fully saturated rings. The summed E-state index contributed by atoms with van der Waals surface area (Å²) < 4.78 is 37.4. The first kappa shape index (κ1) is 27.0. The van der Waals surface area contributed by atoms with Gasteiger partial charge in [0.1, 0.15) is 0 Å². The number of nitro groups is 1. The summed E-state index contributed by atoms with van der Waals surface area (Å²) >= 11 is 0. The lowest BCUT2D eigenvalue weighted by atomic mass is 10.1. The summed E-state index contributed by atoms with van der Waals surface area (Å²) in [6.07, 6.45) is 0. The van der Waals surface area contributed by atoms with Crippen LogP contribution in [0.3, 0.4) is 0 Å². The molecule has 0 saturated carbocycles. The normalized spacial score (nSPS) is 14.2. The highest BCUT2D eigenvalue weighted by Gasteiger charge is 2.27. The number of morpholine rings is 1. The Morgan fingerprint density at radius 2 is 1.89 bits per heavy atom. The number of carbonyl (C=O) groups is 2. The second kappa shape index (κ2) is 11.9. The summed E-state index contributed by atoms with van der Waals surface area (Å²) in [5.41, 5.74) is 0.475. The van der Waals surface area contributed by atoms with Crippen LogP contribution in [-0.4, -0.2) is 80.7 Å². The van der Waals surface area contributed by atoms with E-state index in [0.717, 1.165) is 6.07 Å². The molecule has 1 saturated heterocycles. The van der Waals surface area contributed by atoms with Crippen LogP contribution in [0.4, 0.5) is 17.1 Å². The number of esters is 1. The molecule has 0 aromatic heterocycles. The molecule has 36 heavy (non-hydrogen) atoms. The van der Waals surface area contributed by atoms with Gasteiger partial charge in [-0.3, -0.25) is 14.9 Å². The third kappa shape index (κ3) is 6.54. The summed E-state index contributed by atoms with van der Waals surface area (Å²) in [6.45, 7) is 1.83. The first-order valence-corrected chi connectivity index (χ1v) is 12.4. The highest BCUT2D eigenvalue weighted by molar-refractivity contribution is 7.89. The number of hydrogen-bond acceptors (Lipinski definition) is 10. The lowest BCUT2D eigenvalue weighted by Gasteiger charge is -2.26. The first-order chi connectivity index (χ1) is 17.1. The molecule has 2 aromatic rings. The number of aryl methyl sites for hydroxylation is 1. The van der Waals surface area contributed by atoms with Gasteiger partial charge in [-0.15, -0.1) is 0 Å². The lowest BCUT2D eigenvalue weighted by Crippen LogP contribution is -2.40. The number of ether oxygens (including phenoxy) is 2. The number of carbonyl (C=O) groups excluding carboxylic acids is 2. The number of nitrogens with zero attached hydrogens (tertiary/aromatic N) is 2. The third-order valence-electron chi connectivity index (χ3n) is 5.29. The molecule has 0 unspecified atom stereocenters. The van der Waals surface area contributed by atoms with Crippen molar-refractivity contribution in [2.45, 2.75) is 11.8 Å². The zero-order chi connectivity index (χ0) is 26.3. The number of amides is 1. The highest BCUT2D eigenvalue weighted by atomic mass is 32.2. The van der Waals surface area contributed by atoms with Crippen LogP contribution in [0.2, 0.25) is 0 Å². The van der Waals surface area contributed by atoms with Crippen molar-refractivity contribution in [3.8, 4) is 0 Å². The largest absolute Gasteiger partial charge is 0.452 e. The maximum atomic E-state index is 12.9. The Balaban J connectivity index is 1.70. The molecular formula is C22H26N4O9S. The minimum absolute atomic E-state index is 0.00140. The molecule has 1 aliphatic rings. The number of aliphatic hydroxyl groups excluding tert-OH is 1. The van der Waals surface area contributed by atoms with Gasteiger partial charge >= 0.3 is 5.97 Å². The average molecular weight is 523 g/mol. The fourth-order valence-corrected chi connectivity index (χ4v) is 4.82. The minimum Gasteiger partial charge on any atom is -0.452 e. The van der Waals surface area contributed by atoms with Gasteiger partial charge in [0.2, 0.25) is 10.0 Å². The van der Waals surface area contributed by atoms with E-state index in [1.54, 1.807) is 13.0 Å². The summed E-state index contributed by atoms with van der Waals surface area (Å²) in [5, 5.41) is 25.4. The first-order valence-electron chi connectivity index (χ1n) is 10.9. The quantitative estimate of drug-likeness (QED) is 0.233. The zero-order valence-electron chi connectivity index (χ0n) is 19.4. The Kier molecular flexibility index (Phi) is 8.93. The van der Waals surface area contributed by atoms with E-state index in [9.17, 15) is 28.1 Å². The molecule has 2 aromatic carbocycles. The maximum Gasteiger partial charge on any atom is 0.341 e. The molecule has 14 heteroatoms. The van der Waals surface area contributed by atoms with Gasteiger partial charge in [-0.1, -0.05) is 6.07 Å². The van der Waals surface area contributed by atoms with Gasteiger partial charge in [0.25, 0.3) is 11.6 Å². The standard InChI is InChI=1S/C22H26N4O9S/c1-15-2-4-17(36(32,33)25-7-10-34-11-8-25)13-20(15)24-21(28)14-35-22(29)18-12-16(26(30)31)3-5-19(18)23-6-9-27/h2-5,12-13,23,27H,6-11,14H2,1H3,(H,24,28). The van der Waals surface area contributed by atoms with Crippen molar-refractivity contribution in [3.63, 3.8) is 0 Å². The van der Waals surface area contributed by atoms with Crippen LogP contribution >= 0.6 is 0 Å². The van der Waals surface area contributed by atoms with Gasteiger partial charge in [-0.25, -0.2) is 13.2 Å². The monoisotopic (exact) mass is 522 g/mol. The molecule has 3 N–H and O–H groups in total. The highest BCUT2D eigenvalue weighted by Crippen LogP contribution is 2.25. The molecule has 0 spiro atoms. The van der Waals surface area contributed by atoms with Crippen molar-refractivity contribution in [1.29, 1.82) is 0 Å². The van der Waals surface area contributed by atoms with Crippen molar-refractivity contribution in [2.24, 2.45) is 0 Å². The molecule has 194 valence electrons. The van der Waals surface area contributed by atoms with E-state index in [1.807, 2.05) is 0 Å². The molecule has 0 radical (unpaired) electrons. The van der Waals surface area contributed by atoms with Crippen molar-refractivity contribution in [1.82, 2.24) is 4.31 Å². The van der Waals surface area contributed by atoms with Crippen LogP contribution in [0.25, 0.3) is 0 Å². The number of aliphatic hydroxyl groups is 1. The fraction of sp³-hybridized carbons (Fsp3) is 0.364. The number of hydrogen-bond donors (Lipinski definition) is 3. The van der Waals surface area contributed by atoms with Crippen LogP contribution in [0, 0.1) is 17.0 Å². The maximum absolute atomic E-state index is 12.9. The second-order valence-electron chi connectivity index (χ2n) is 7.75. The number of non-ortho nitro benzene ring substituents is 1. The Hall–Kier alpha value is -3.59. The molecule has 13 nitrogen and oxygen atoms in total. The molecule has 1 heterocycles. The third-order valence-corrected chi connectivity index (χ3v) is 7.18. The van der Waals surface area contributed by atoms with Gasteiger partial charge in [0, 0.05) is 43.1 Å². The van der Waals surface area contributed by atoms with Crippen LogP contribution in [0.15, 0.2) is 41.3 Å². The van der Waals surface area contributed by atoms with E-state index in [-0.39, 0.29) is 53.8 Å². The Morgan fingerprint density at radius 3 is 2.56 bits per heavy atom. The number of nitrogens with one attached hydrogen (secondary N) is 2. The van der Waals surface area contributed by atoms with Crippen molar-refractivity contribution in [3.05, 3.63) is 57.6 Å². The van der Waals surface area contributed by atoms with Gasteiger partial charge in [-0.2, -0.15) is 4.31 Å². The number of benzene rings is 2. The summed E-state index contributed by atoms with van der Waals surface area (Å²) in [4.78, 5) is 35.4. The predicted octanol–water partition coefficient (Wildman–Crippen LogP) is 1.12. The second-order valence-corrected chi connectivity index (χ2v) is 9.69. The number of rotatable bonds is 10. The average Bonchev–Trinajstić information content (AvgIpc) is 2.87. The molecule has 3 rings (SSSR count). The summed E-state index contributed by atoms with van der Waals surface area (Å²) in [6, 6.07) is 7.82. The number of sulfonamides is 1. The van der Waals surface area contributed by atoms with E-state index in [1.165, 1.54) is 28.6 Å². The molecule has 1 aliphatic heterocycles. The smallest absolute Gasteiger partial charge is 0.341 e. The van der Waals surface area contributed by atoms with E-state index in [2.05, 4.69) is 10.6 Å².